The number of ether oxygens (including phenoxy) is 2. The molecule has 0 radical (unpaired) electrons. The Balaban J connectivity index is 2.72. The van der Waals surface area contributed by atoms with Gasteiger partial charge in [-0.05, 0) is 45.9 Å². The zero-order chi connectivity index (χ0) is 16.0. The van der Waals surface area contributed by atoms with Crippen LogP contribution in [-0.4, -0.2) is 29.9 Å². The number of esters is 2. The third-order valence-corrected chi connectivity index (χ3v) is 3.33. The molecule has 21 heavy (non-hydrogen) atoms. The van der Waals surface area contributed by atoms with Crippen LogP contribution in [-0.2, 0) is 14.3 Å². The molecular weight excluding hydrogens is 290 g/mol. The Kier molecular flexibility index (Phi) is 6.08. The van der Waals surface area contributed by atoms with Crippen LogP contribution in [0.3, 0.4) is 0 Å². The molecular formula is C15H21NO4S. The fraction of sp³-hybridized carbons (Fsp3) is 0.467. The zero-order valence-electron chi connectivity index (χ0n) is 12.8. The van der Waals surface area contributed by atoms with E-state index in [0.29, 0.717) is 22.8 Å². The van der Waals surface area contributed by atoms with Gasteiger partial charge >= 0.3 is 11.9 Å². The van der Waals surface area contributed by atoms with Crippen LogP contribution < -0.4 is 5.73 Å². The van der Waals surface area contributed by atoms with Crippen LogP contribution in [0.1, 0.15) is 38.1 Å². The van der Waals surface area contributed by atoms with Gasteiger partial charge in [-0.2, -0.15) is 0 Å². The van der Waals surface area contributed by atoms with E-state index in [0.717, 1.165) is 0 Å². The first kappa shape index (κ1) is 17.4. The molecule has 0 saturated heterocycles. The van der Waals surface area contributed by atoms with Crippen molar-refractivity contribution in [3.63, 3.8) is 0 Å². The molecule has 1 rings (SSSR count). The van der Waals surface area contributed by atoms with E-state index in [-0.39, 0.29) is 11.7 Å². The predicted molar refractivity (Wildman–Crippen MR) is 83.4 cm³/mol. The highest BCUT2D eigenvalue weighted by atomic mass is 32.2. The standard InChI is InChI=1S/C15H21NO4S/c1-5-19-14(18)10-6-7-11(16)12(8-10)21-9-13(17)20-15(2,3)4/h6-8H,5,9,16H2,1-4H3. The van der Waals surface area contributed by atoms with Gasteiger partial charge in [0.25, 0.3) is 0 Å². The molecule has 0 atom stereocenters. The molecule has 0 aliphatic carbocycles. The molecule has 6 heteroatoms. The van der Waals surface area contributed by atoms with Crippen molar-refractivity contribution in [2.45, 2.75) is 38.2 Å². The molecule has 116 valence electrons. The van der Waals surface area contributed by atoms with Gasteiger partial charge in [0.15, 0.2) is 0 Å². The van der Waals surface area contributed by atoms with Gasteiger partial charge in [-0.1, -0.05) is 0 Å². The third kappa shape index (κ3) is 6.08. The number of anilines is 1. The summed E-state index contributed by atoms with van der Waals surface area (Å²) in [5.74, 6) is -0.599. The molecule has 0 heterocycles. The maximum absolute atomic E-state index is 11.7. The number of thioether (sulfide) groups is 1. The van der Waals surface area contributed by atoms with Gasteiger partial charge in [0, 0.05) is 10.6 Å². The summed E-state index contributed by atoms with van der Waals surface area (Å²) < 4.78 is 10.2. The Morgan fingerprint density at radius 2 is 1.95 bits per heavy atom. The number of carbonyl (C=O) groups excluding carboxylic acids is 2. The fourth-order valence-corrected chi connectivity index (χ4v) is 2.29. The summed E-state index contributed by atoms with van der Waals surface area (Å²) in [7, 11) is 0. The van der Waals surface area contributed by atoms with Crippen molar-refractivity contribution >= 4 is 29.4 Å². The van der Waals surface area contributed by atoms with E-state index < -0.39 is 11.6 Å². The van der Waals surface area contributed by atoms with E-state index in [1.54, 1.807) is 25.1 Å². The minimum absolute atomic E-state index is 0.133. The maximum atomic E-state index is 11.7. The van der Waals surface area contributed by atoms with Crippen molar-refractivity contribution in [2.75, 3.05) is 18.1 Å². The lowest BCUT2D eigenvalue weighted by Crippen LogP contribution is -2.24. The van der Waals surface area contributed by atoms with E-state index in [4.69, 9.17) is 15.2 Å². The van der Waals surface area contributed by atoms with Crippen molar-refractivity contribution in [3.05, 3.63) is 23.8 Å². The van der Waals surface area contributed by atoms with Crippen molar-refractivity contribution in [2.24, 2.45) is 0 Å². The number of carbonyl (C=O) groups is 2. The molecule has 0 unspecified atom stereocenters. The zero-order valence-corrected chi connectivity index (χ0v) is 13.6. The SMILES string of the molecule is CCOC(=O)c1ccc(N)c(SCC(=O)OC(C)(C)C)c1. The Morgan fingerprint density at radius 1 is 1.29 bits per heavy atom. The molecule has 1 aromatic carbocycles. The lowest BCUT2D eigenvalue weighted by Gasteiger charge is -2.19. The molecule has 0 fully saturated rings. The van der Waals surface area contributed by atoms with E-state index in [9.17, 15) is 9.59 Å². The second-order valence-electron chi connectivity index (χ2n) is 5.35. The number of rotatable bonds is 5. The van der Waals surface area contributed by atoms with Gasteiger partial charge in [-0.25, -0.2) is 4.79 Å². The summed E-state index contributed by atoms with van der Waals surface area (Å²) >= 11 is 1.24. The van der Waals surface area contributed by atoms with Gasteiger partial charge < -0.3 is 15.2 Å². The highest BCUT2D eigenvalue weighted by molar-refractivity contribution is 8.00. The molecule has 5 nitrogen and oxygen atoms in total. The first-order valence-corrected chi connectivity index (χ1v) is 7.63. The minimum Gasteiger partial charge on any atom is -0.462 e. The molecule has 0 aliphatic rings. The lowest BCUT2D eigenvalue weighted by molar-refractivity contribution is -0.151. The first-order valence-electron chi connectivity index (χ1n) is 6.64. The molecule has 0 aromatic heterocycles. The molecule has 0 amide bonds. The highest BCUT2D eigenvalue weighted by Gasteiger charge is 2.17. The minimum atomic E-state index is -0.518. The Morgan fingerprint density at radius 3 is 2.52 bits per heavy atom. The fourth-order valence-electron chi connectivity index (χ4n) is 1.51. The largest absolute Gasteiger partial charge is 0.462 e. The number of nitrogens with two attached hydrogens (primary N) is 1. The smallest absolute Gasteiger partial charge is 0.338 e. The number of benzene rings is 1. The van der Waals surface area contributed by atoms with E-state index in [2.05, 4.69) is 0 Å². The molecule has 2 N–H and O–H groups in total. The van der Waals surface area contributed by atoms with Crippen molar-refractivity contribution in [1.29, 1.82) is 0 Å². The molecule has 1 aromatic rings. The topological polar surface area (TPSA) is 78.6 Å². The molecule has 0 bridgehead atoms. The second kappa shape index (κ2) is 7.36. The average Bonchev–Trinajstić information content (AvgIpc) is 2.36. The number of hydrogen-bond acceptors (Lipinski definition) is 6. The van der Waals surface area contributed by atoms with Crippen molar-refractivity contribution in [3.8, 4) is 0 Å². The summed E-state index contributed by atoms with van der Waals surface area (Å²) in [6.45, 7) is 7.48. The van der Waals surface area contributed by atoms with Gasteiger partial charge in [0.05, 0.1) is 17.9 Å². The van der Waals surface area contributed by atoms with E-state index in [1.807, 2.05) is 20.8 Å². The Hall–Kier alpha value is -1.69. The maximum Gasteiger partial charge on any atom is 0.338 e. The lowest BCUT2D eigenvalue weighted by atomic mass is 10.2. The van der Waals surface area contributed by atoms with Gasteiger partial charge in [-0.3, -0.25) is 4.79 Å². The summed E-state index contributed by atoms with van der Waals surface area (Å²) in [6, 6.07) is 4.86. The van der Waals surface area contributed by atoms with Crippen molar-refractivity contribution < 1.29 is 19.1 Å². The number of nitrogen functional groups attached to an aromatic ring is 1. The third-order valence-electron chi connectivity index (χ3n) is 2.29. The molecule has 0 aliphatic heterocycles. The van der Waals surface area contributed by atoms with Crippen LogP contribution in [0.15, 0.2) is 23.1 Å². The quantitative estimate of drug-likeness (QED) is 0.512. The Bertz CT molecular complexity index is 523. The summed E-state index contributed by atoms with van der Waals surface area (Å²) in [5.41, 5.74) is 6.26. The van der Waals surface area contributed by atoms with Crippen molar-refractivity contribution in [1.82, 2.24) is 0 Å². The molecule has 0 spiro atoms. The normalized spacial score (nSPS) is 11.0. The first-order chi connectivity index (χ1) is 9.73. The van der Waals surface area contributed by atoms with Crippen LogP contribution in [0.25, 0.3) is 0 Å². The van der Waals surface area contributed by atoms with Gasteiger partial charge in [-0.15, -0.1) is 11.8 Å². The van der Waals surface area contributed by atoms with Crippen LogP contribution in [0, 0.1) is 0 Å². The van der Waals surface area contributed by atoms with Crippen LogP contribution in [0.4, 0.5) is 5.69 Å². The summed E-state index contributed by atoms with van der Waals surface area (Å²) in [5, 5.41) is 0. The monoisotopic (exact) mass is 311 g/mol. The predicted octanol–water partition coefficient (Wildman–Crippen LogP) is 2.88. The average molecular weight is 311 g/mol. The van der Waals surface area contributed by atoms with Crippen LogP contribution in [0.5, 0.6) is 0 Å². The van der Waals surface area contributed by atoms with Crippen LogP contribution in [0.2, 0.25) is 0 Å². The highest BCUT2D eigenvalue weighted by Crippen LogP contribution is 2.27. The van der Waals surface area contributed by atoms with E-state index in [1.165, 1.54) is 11.8 Å². The molecule has 0 saturated carbocycles. The van der Waals surface area contributed by atoms with Crippen LogP contribution >= 0.6 is 11.8 Å². The number of hydrogen-bond donors (Lipinski definition) is 1. The van der Waals surface area contributed by atoms with Gasteiger partial charge in [0.2, 0.25) is 0 Å². The second-order valence-corrected chi connectivity index (χ2v) is 6.37. The van der Waals surface area contributed by atoms with Gasteiger partial charge in [0.1, 0.15) is 5.60 Å². The van der Waals surface area contributed by atoms with E-state index >= 15 is 0 Å². The Labute approximate surface area is 129 Å². The summed E-state index contributed by atoms with van der Waals surface area (Å²) in [6.07, 6.45) is 0. The summed E-state index contributed by atoms with van der Waals surface area (Å²) in [4.78, 5) is 24.0.